The number of unbranched alkanes of at least 4 members (excludes halogenated alkanes) is 24. The fraction of sp³-hybridized carbons (Fsp3) is 0.546. The normalized spacial score (nSPS) is 12.9. The van der Waals surface area contributed by atoms with Crippen molar-refractivity contribution >= 4 is 33.7 Å². The van der Waals surface area contributed by atoms with E-state index in [0.717, 1.165) is 217 Å². The minimum absolute atomic E-state index is 0.00176. The van der Waals surface area contributed by atoms with Gasteiger partial charge in [0.15, 0.2) is 0 Å². The topological polar surface area (TPSA) is 149 Å². The first-order chi connectivity index (χ1) is 51.7. The van der Waals surface area contributed by atoms with Gasteiger partial charge in [-0.3, -0.25) is 19.6 Å². The summed E-state index contributed by atoms with van der Waals surface area (Å²) in [4.78, 5) is 46.7. The van der Waals surface area contributed by atoms with Crippen LogP contribution in [0, 0.1) is 0 Å². The highest BCUT2D eigenvalue weighted by molar-refractivity contribution is 6.03. The second kappa shape index (κ2) is 43.5. The molecule has 4 N–H and O–H groups in total. The molecule has 0 aliphatic heterocycles. The van der Waals surface area contributed by atoms with Crippen LogP contribution < -0.4 is 20.6 Å². The number of ether oxygens (including phenoxy) is 2. The Hall–Kier alpha value is -7.72. The Morgan fingerprint density at radius 1 is 0.402 bits per heavy atom. The van der Waals surface area contributed by atoms with Crippen LogP contribution in [0.25, 0.3) is 44.1 Å². The zero-order valence-corrected chi connectivity index (χ0v) is 68.5. The molecule has 0 amide bonds. The van der Waals surface area contributed by atoms with Gasteiger partial charge < -0.3 is 29.7 Å². The van der Waals surface area contributed by atoms with Gasteiger partial charge in [0, 0.05) is 67.1 Å². The standard InChI is InChI=1S/C97H136N4O6/c1-14-20-26-30-32-34-36-42-60-106-77-54-48-70(49-55-77)90(98-68-76-62-74(64-86(92(76)102)96(8,9)10)72-52-58-81-79(44-40-28-22-16-3)83(46-38-24-18-5)94(104)100-88(81)66-72)91(71-50-56-78(57-51-71)107-61-43-37-35-33-31-27-21-15-2)99-69(7)85-63-75(65-87(93(85)103)97(11,12)13)73-53-59-82-80(45-41-29-23-17-4)84(47-39-25-19-6)95(105)101-89(82)67-73/h48-59,62-68,90-91,102-103H,14-47,60-61H2,1-13H3,(H,100,104)(H,101,105)/t90-,91-/m1/s1. The Bertz CT molecular complexity index is 4220. The van der Waals surface area contributed by atoms with E-state index in [1.807, 2.05) is 31.3 Å². The summed E-state index contributed by atoms with van der Waals surface area (Å²) in [5.74, 6) is 1.88. The van der Waals surface area contributed by atoms with E-state index in [2.05, 4.69) is 184 Å². The Kier molecular flexibility index (Phi) is 34.5. The number of aromatic hydroxyl groups is 2. The second-order valence-corrected chi connectivity index (χ2v) is 32.9. The minimum Gasteiger partial charge on any atom is -0.507 e. The molecule has 0 saturated carbocycles. The second-order valence-electron chi connectivity index (χ2n) is 32.9. The van der Waals surface area contributed by atoms with Crippen molar-refractivity contribution in [3.8, 4) is 45.3 Å². The van der Waals surface area contributed by atoms with E-state index in [-0.39, 0.29) is 22.6 Å². The van der Waals surface area contributed by atoms with Crippen molar-refractivity contribution in [2.75, 3.05) is 13.2 Å². The quantitative estimate of drug-likeness (QED) is 0.0220. The van der Waals surface area contributed by atoms with Gasteiger partial charge in [0.1, 0.15) is 35.1 Å². The number of phenolic OH excluding ortho intramolecular Hbond substituents is 2. The number of aromatic nitrogens is 2. The van der Waals surface area contributed by atoms with E-state index >= 15 is 0 Å². The van der Waals surface area contributed by atoms with Gasteiger partial charge in [0.2, 0.25) is 0 Å². The molecule has 8 rings (SSSR count). The van der Waals surface area contributed by atoms with E-state index in [1.165, 1.54) is 101 Å². The summed E-state index contributed by atoms with van der Waals surface area (Å²) in [6, 6.07) is 36.6. The lowest BCUT2D eigenvalue weighted by atomic mass is 9.82. The van der Waals surface area contributed by atoms with E-state index in [9.17, 15) is 19.8 Å². The highest BCUT2D eigenvalue weighted by atomic mass is 16.5. The fourth-order valence-electron chi connectivity index (χ4n) is 15.5. The summed E-state index contributed by atoms with van der Waals surface area (Å²) in [6.45, 7) is 29.4. The number of nitrogens with zero attached hydrogens (tertiary/aromatic N) is 2. The number of hydrogen-bond acceptors (Lipinski definition) is 8. The molecule has 2 heterocycles. The van der Waals surface area contributed by atoms with Crippen LogP contribution in [0.2, 0.25) is 0 Å². The average molecular weight is 1450 g/mol. The summed E-state index contributed by atoms with van der Waals surface area (Å²) in [7, 11) is 0. The van der Waals surface area contributed by atoms with Gasteiger partial charge in [0.25, 0.3) is 11.1 Å². The number of pyridine rings is 2. The Balaban J connectivity index is 1.29. The Labute approximate surface area is 645 Å². The highest BCUT2D eigenvalue weighted by Gasteiger charge is 2.30. The molecular formula is C97H136N4O6. The number of aromatic amines is 2. The summed E-state index contributed by atoms with van der Waals surface area (Å²) >= 11 is 0. The molecule has 0 aliphatic rings. The lowest BCUT2D eigenvalue weighted by molar-refractivity contribution is 0.304. The number of aryl methyl sites for hydroxylation is 2. The molecule has 2 atom stereocenters. The smallest absolute Gasteiger partial charge is 0.251 e. The van der Waals surface area contributed by atoms with Crippen molar-refractivity contribution in [3.05, 3.63) is 186 Å². The van der Waals surface area contributed by atoms with Crippen molar-refractivity contribution in [2.24, 2.45) is 9.98 Å². The molecular weight excluding hydrogens is 1320 g/mol. The number of benzene rings is 6. The summed E-state index contributed by atoms with van der Waals surface area (Å²) in [6.07, 6.45) is 39.9. The fourth-order valence-corrected chi connectivity index (χ4v) is 15.5. The van der Waals surface area contributed by atoms with Crippen molar-refractivity contribution in [1.29, 1.82) is 0 Å². The zero-order valence-electron chi connectivity index (χ0n) is 68.5. The maximum absolute atomic E-state index is 14.2. The SMILES string of the molecule is CCCCCCCCCCOc1ccc([C@@H](N=Cc2cc(-c3ccc4c(CCCCCC)c(CCCCC)c(=O)[nH]c4c3)cc(C(C)(C)C)c2O)[C@H](N=C(C)c2cc(-c3ccc4c(CCCCCC)c(CCCCC)c(=O)[nH]c4c3)cc(C(C)(C)C)c2O)c2ccc(OCCCCCCCCCC)cc2)cc1. The van der Waals surface area contributed by atoms with Gasteiger partial charge in [-0.2, -0.15) is 0 Å². The molecule has 10 heteroatoms. The summed E-state index contributed by atoms with van der Waals surface area (Å²) in [5.41, 5.74) is 13.6. The first-order valence-corrected chi connectivity index (χ1v) is 42.4. The third-order valence-corrected chi connectivity index (χ3v) is 22.0. The molecule has 0 spiro atoms. The maximum atomic E-state index is 14.2. The van der Waals surface area contributed by atoms with Gasteiger partial charge in [-0.15, -0.1) is 0 Å². The van der Waals surface area contributed by atoms with E-state index in [0.29, 0.717) is 30.1 Å². The number of phenols is 2. The molecule has 0 radical (unpaired) electrons. The molecule has 2 aromatic heterocycles. The predicted molar refractivity (Wildman–Crippen MR) is 457 cm³/mol. The van der Waals surface area contributed by atoms with Crippen LogP contribution in [0.15, 0.2) is 129 Å². The minimum atomic E-state index is -0.683. The lowest BCUT2D eigenvalue weighted by Crippen LogP contribution is -2.17. The average Bonchev–Trinajstić information content (AvgIpc) is 0.771. The number of nitrogens with one attached hydrogen (secondary N) is 2. The Morgan fingerprint density at radius 3 is 1.18 bits per heavy atom. The number of H-pyrrole nitrogens is 2. The lowest BCUT2D eigenvalue weighted by Gasteiger charge is -2.26. The van der Waals surface area contributed by atoms with Crippen LogP contribution in [0.3, 0.4) is 0 Å². The molecule has 580 valence electrons. The summed E-state index contributed by atoms with van der Waals surface area (Å²) in [5, 5.41) is 27.8. The van der Waals surface area contributed by atoms with Crippen LogP contribution in [0.5, 0.6) is 23.0 Å². The molecule has 0 bridgehead atoms. The molecule has 0 fully saturated rings. The highest BCUT2D eigenvalue weighted by Crippen LogP contribution is 2.44. The van der Waals surface area contributed by atoms with Crippen molar-refractivity contribution in [2.45, 2.75) is 331 Å². The van der Waals surface area contributed by atoms with Crippen molar-refractivity contribution < 1.29 is 19.7 Å². The first kappa shape index (κ1) is 84.9. The number of aliphatic imine (C=N–C) groups is 2. The monoisotopic (exact) mass is 1450 g/mol. The van der Waals surface area contributed by atoms with Gasteiger partial charge in [-0.1, -0.05) is 286 Å². The molecule has 0 saturated heterocycles. The molecule has 8 aromatic rings. The third kappa shape index (κ3) is 24.9. The summed E-state index contributed by atoms with van der Waals surface area (Å²) < 4.78 is 13.0. The maximum Gasteiger partial charge on any atom is 0.251 e. The largest absolute Gasteiger partial charge is 0.507 e. The van der Waals surface area contributed by atoms with Crippen LogP contribution in [-0.4, -0.2) is 45.3 Å². The zero-order chi connectivity index (χ0) is 76.7. The molecule has 0 unspecified atom stereocenters. The van der Waals surface area contributed by atoms with Crippen LogP contribution in [0.4, 0.5) is 0 Å². The Morgan fingerprint density at radius 2 is 0.757 bits per heavy atom. The van der Waals surface area contributed by atoms with E-state index in [1.54, 1.807) is 0 Å². The predicted octanol–water partition coefficient (Wildman–Crippen LogP) is 26.9. The number of hydrogen-bond donors (Lipinski definition) is 4. The number of rotatable bonds is 47. The van der Waals surface area contributed by atoms with Gasteiger partial charge >= 0.3 is 0 Å². The molecule has 6 aromatic carbocycles. The van der Waals surface area contributed by atoms with Gasteiger partial charge in [-0.05, 0) is 187 Å². The molecule has 0 aliphatic carbocycles. The first-order valence-electron chi connectivity index (χ1n) is 42.4. The molecule has 107 heavy (non-hydrogen) atoms. The van der Waals surface area contributed by atoms with Crippen LogP contribution in [0.1, 0.15) is 350 Å². The van der Waals surface area contributed by atoms with E-state index in [4.69, 9.17) is 19.5 Å². The van der Waals surface area contributed by atoms with Crippen molar-refractivity contribution in [1.82, 2.24) is 9.97 Å². The van der Waals surface area contributed by atoms with Crippen molar-refractivity contribution in [3.63, 3.8) is 0 Å². The van der Waals surface area contributed by atoms with Crippen LogP contribution in [-0.2, 0) is 36.5 Å². The number of fused-ring (bicyclic) bond motifs is 2. The third-order valence-electron chi connectivity index (χ3n) is 22.0. The van der Waals surface area contributed by atoms with Gasteiger partial charge in [-0.25, -0.2) is 0 Å². The van der Waals surface area contributed by atoms with Crippen LogP contribution >= 0.6 is 0 Å². The molecule has 10 nitrogen and oxygen atoms in total. The van der Waals surface area contributed by atoms with Gasteiger partial charge in [0.05, 0.1) is 13.2 Å². The van der Waals surface area contributed by atoms with E-state index < -0.39 is 22.9 Å².